The first-order chi connectivity index (χ1) is 4.97. The molecule has 0 saturated carbocycles. The van der Waals surface area contributed by atoms with Crippen LogP contribution < -0.4 is 5.32 Å². The van der Waals surface area contributed by atoms with Crippen molar-refractivity contribution in [1.82, 2.24) is 5.32 Å². The van der Waals surface area contributed by atoms with E-state index in [0.29, 0.717) is 12.8 Å². The zero-order valence-corrected chi connectivity index (χ0v) is 6.85. The number of rotatable bonds is 2. The van der Waals surface area contributed by atoms with Gasteiger partial charge < -0.3 is 5.32 Å². The number of hydrogen-bond donors (Lipinski definition) is 1. The molecule has 0 aromatic carbocycles. The van der Waals surface area contributed by atoms with Gasteiger partial charge in [0.2, 0.25) is 5.91 Å². The van der Waals surface area contributed by atoms with Crippen molar-refractivity contribution in [2.75, 3.05) is 6.26 Å². The van der Waals surface area contributed by atoms with Crippen LogP contribution in [0.5, 0.6) is 0 Å². The van der Waals surface area contributed by atoms with Crippen molar-refractivity contribution in [3.8, 4) is 0 Å². The van der Waals surface area contributed by atoms with Crippen LogP contribution in [-0.4, -0.2) is 26.8 Å². The van der Waals surface area contributed by atoms with Gasteiger partial charge in [-0.15, -0.1) is 0 Å². The second-order valence-corrected chi connectivity index (χ2v) is 4.00. The fraction of sp³-hybridized carbons (Fsp3) is 0.800. The molecule has 64 valence electrons. The molecule has 1 aliphatic heterocycles. The molecular weight excluding hydrogens is 170 g/mol. The minimum atomic E-state index is -3.45. The maximum absolute atomic E-state index is 10.6. The maximum atomic E-state index is 10.6. The lowest BCUT2D eigenvalue weighted by molar-refractivity contribution is -0.119. The Balaban J connectivity index is 2.47. The molecule has 1 atom stereocenters. The van der Waals surface area contributed by atoms with E-state index < -0.39 is 16.3 Å². The summed E-state index contributed by atoms with van der Waals surface area (Å²) in [6.07, 6.45) is 1.06. The van der Waals surface area contributed by atoms with E-state index in [-0.39, 0.29) is 5.91 Å². The van der Waals surface area contributed by atoms with E-state index in [2.05, 4.69) is 9.50 Å². The molecule has 0 radical (unpaired) electrons. The molecule has 6 heteroatoms. The average molecular weight is 179 g/mol. The number of carbonyl (C=O) groups excluding carboxylic acids is 1. The van der Waals surface area contributed by atoms with Gasteiger partial charge in [0, 0.05) is 12.8 Å². The zero-order valence-electron chi connectivity index (χ0n) is 6.03. The Morgan fingerprint density at radius 3 is 2.64 bits per heavy atom. The van der Waals surface area contributed by atoms with Gasteiger partial charge in [0.25, 0.3) is 10.1 Å². The number of amides is 1. The molecule has 0 aromatic rings. The van der Waals surface area contributed by atoms with Gasteiger partial charge in [0.15, 0.2) is 0 Å². The Morgan fingerprint density at radius 2 is 2.27 bits per heavy atom. The zero-order chi connectivity index (χ0) is 8.48. The lowest BCUT2D eigenvalue weighted by Crippen LogP contribution is -2.29. The predicted octanol–water partition coefficient (Wildman–Crippen LogP) is -0.801. The van der Waals surface area contributed by atoms with Gasteiger partial charge in [0.1, 0.15) is 6.23 Å². The highest BCUT2D eigenvalue weighted by Gasteiger charge is 2.24. The van der Waals surface area contributed by atoms with Gasteiger partial charge >= 0.3 is 0 Å². The fourth-order valence-corrected chi connectivity index (χ4v) is 1.44. The minimum absolute atomic E-state index is 0.168. The van der Waals surface area contributed by atoms with Crippen molar-refractivity contribution in [2.45, 2.75) is 19.1 Å². The predicted molar refractivity (Wildman–Crippen MR) is 37.1 cm³/mol. The molecule has 0 aromatic heterocycles. The standard InChI is InChI=1S/C5H9NO4S/c1-11(8,9)10-5-3-2-4(7)6-5/h5H,2-3H2,1H3,(H,6,7)/t5-/m1/s1. The number of nitrogens with one attached hydrogen (secondary N) is 1. The summed E-state index contributed by atoms with van der Waals surface area (Å²) in [7, 11) is -3.45. The molecule has 1 N–H and O–H groups in total. The molecule has 1 rings (SSSR count). The molecule has 1 aliphatic rings. The van der Waals surface area contributed by atoms with Crippen LogP contribution in [0.3, 0.4) is 0 Å². The Bertz CT molecular complexity index is 258. The van der Waals surface area contributed by atoms with E-state index in [4.69, 9.17) is 0 Å². The number of carbonyl (C=O) groups is 1. The summed E-state index contributed by atoms with van der Waals surface area (Å²) in [5.74, 6) is -0.168. The minimum Gasteiger partial charge on any atom is -0.330 e. The van der Waals surface area contributed by atoms with Crippen molar-refractivity contribution >= 4 is 16.0 Å². The second kappa shape index (κ2) is 2.78. The summed E-state index contributed by atoms with van der Waals surface area (Å²) < 4.78 is 25.6. The van der Waals surface area contributed by atoms with Crippen LogP contribution in [0.2, 0.25) is 0 Å². The first-order valence-electron chi connectivity index (χ1n) is 3.15. The topological polar surface area (TPSA) is 72.5 Å². The first kappa shape index (κ1) is 8.48. The number of hydrogen-bond acceptors (Lipinski definition) is 4. The van der Waals surface area contributed by atoms with Crippen LogP contribution in [0.1, 0.15) is 12.8 Å². The smallest absolute Gasteiger partial charge is 0.266 e. The molecule has 1 saturated heterocycles. The Hall–Kier alpha value is -0.620. The summed E-state index contributed by atoms with van der Waals surface area (Å²) >= 11 is 0. The van der Waals surface area contributed by atoms with Crippen LogP contribution in [0, 0.1) is 0 Å². The van der Waals surface area contributed by atoms with Crippen LogP contribution in [0.25, 0.3) is 0 Å². The SMILES string of the molecule is CS(=O)(=O)O[C@@H]1CCC(=O)N1. The lowest BCUT2D eigenvalue weighted by Gasteiger charge is -2.07. The van der Waals surface area contributed by atoms with Gasteiger partial charge in [-0.05, 0) is 0 Å². The fourth-order valence-electron chi connectivity index (χ4n) is 0.869. The van der Waals surface area contributed by atoms with E-state index in [1.165, 1.54) is 0 Å². The van der Waals surface area contributed by atoms with Crippen LogP contribution >= 0.6 is 0 Å². The Morgan fingerprint density at radius 1 is 1.64 bits per heavy atom. The third kappa shape index (κ3) is 2.85. The van der Waals surface area contributed by atoms with Crippen LogP contribution in [0.15, 0.2) is 0 Å². The first-order valence-corrected chi connectivity index (χ1v) is 4.97. The highest BCUT2D eigenvalue weighted by atomic mass is 32.2. The van der Waals surface area contributed by atoms with Crippen molar-refractivity contribution < 1.29 is 17.4 Å². The summed E-state index contributed by atoms with van der Waals surface area (Å²) in [6, 6.07) is 0. The molecule has 0 aliphatic carbocycles. The highest BCUT2D eigenvalue weighted by Crippen LogP contribution is 2.09. The van der Waals surface area contributed by atoms with Gasteiger partial charge in [0.05, 0.1) is 6.26 Å². The quantitative estimate of drug-likeness (QED) is 0.563. The molecular formula is C5H9NO4S. The summed E-state index contributed by atoms with van der Waals surface area (Å²) in [5, 5.41) is 2.37. The van der Waals surface area contributed by atoms with E-state index >= 15 is 0 Å². The molecule has 5 nitrogen and oxygen atoms in total. The largest absolute Gasteiger partial charge is 0.330 e. The van der Waals surface area contributed by atoms with Gasteiger partial charge in [-0.3, -0.25) is 4.79 Å². The molecule has 0 spiro atoms. The van der Waals surface area contributed by atoms with Crippen molar-refractivity contribution in [3.63, 3.8) is 0 Å². The highest BCUT2D eigenvalue weighted by molar-refractivity contribution is 7.86. The van der Waals surface area contributed by atoms with Gasteiger partial charge in [-0.25, -0.2) is 4.18 Å². The third-order valence-corrected chi connectivity index (χ3v) is 1.83. The summed E-state index contributed by atoms with van der Waals surface area (Å²) in [4.78, 5) is 10.6. The average Bonchev–Trinajstić information content (AvgIpc) is 2.10. The van der Waals surface area contributed by atoms with E-state index in [1.54, 1.807) is 0 Å². The molecule has 1 fully saturated rings. The molecule has 11 heavy (non-hydrogen) atoms. The van der Waals surface area contributed by atoms with E-state index in [0.717, 1.165) is 6.26 Å². The Labute approximate surface area is 64.9 Å². The normalized spacial score (nSPS) is 25.2. The van der Waals surface area contributed by atoms with Crippen molar-refractivity contribution in [3.05, 3.63) is 0 Å². The molecule has 0 bridgehead atoms. The Kier molecular flexibility index (Phi) is 2.15. The molecule has 1 amide bonds. The molecule has 1 heterocycles. The monoisotopic (exact) mass is 179 g/mol. The lowest BCUT2D eigenvalue weighted by atomic mass is 10.4. The van der Waals surface area contributed by atoms with Crippen LogP contribution in [-0.2, 0) is 19.1 Å². The van der Waals surface area contributed by atoms with E-state index in [1.807, 2.05) is 0 Å². The van der Waals surface area contributed by atoms with Crippen LogP contribution in [0.4, 0.5) is 0 Å². The summed E-state index contributed by atoms with van der Waals surface area (Å²) in [5.41, 5.74) is 0. The summed E-state index contributed by atoms with van der Waals surface area (Å²) in [6.45, 7) is 0. The van der Waals surface area contributed by atoms with Gasteiger partial charge in [-0.1, -0.05) is 0 Å². The molecule has 0 unspecified atom stereocenters. The maximum Gasteiger partial charge on any atom is 0.266 e. The van der Waals surface area contributed by atoms with Crippen molar-refractivity contribution in [2.24, 2.45) is 0 Å². The van der Waals surface area contributed by atoms with Crippen molar-refractivity contribution in [1.29, 1.82) is 0 Å². The third-order valence-electron chi connectivity index (χ3n) is 1.25. The van der Waals surface area contributed by atoms with Gasteiger partial charge in [-0.2, -0.15) is 8.42 Å². The second-order valence-electron chi connectivity index (χ2n) is 2.40. The van der Waals surface area contributed by atoms with E-state index in [9.17, 15) is 13.2 Å².